The van der Waals surface area contributed by atoms with E-state index >= 15 is 0 Å². The number of hydrogen-bond acceptors (Lipinski definition) is 5. The van der Waals surface area contributed by atoms with Gasteiger partial charge >= 0.3 is 5.97 Å². The maximum Gasteiger partial charge on any atom is 0.310 e. The molecule has 0 spiro atoms. The van der Waals surface area contributed by atoms with Gasteiger partial charge in [-0.1, -0.05) is 13.0 Å². The second-order valence-corrected chi connectivity index (χ2v) is 7.05. The van der Waals surface area contributed by atoms with E-state index in [1.807, 2.05) is 42.9 Å². The first-order chi connectivity index (χ1) is 13.5. The molecule has 2 aromatic rings. The maximum absolute atomic E-state index is 12.0. The summed E-state index contributed by atoms with van der Waals surface area (Å²) in [6.07, 6.45) is 5.49. The highest BCUT2D eigenvalue weighted by atomic mass is 16.5. The fraction of sp³-hybridized carbons (Fsp3) is 0.500. The van der Waals surface area contributed by atoms with Crippen LogP contribution in [0.4, 0.5) is 0 Å². The smallest absolute Gasteiger partial charge is 0.310 e. The van der Waals surface area contributed by atoms with Crippen molar-refractivity contribution in [2.45, 2.75) is 27.3 Å². The number of carbonyl (C=O) groups is 1. The Bertz CT molecular complexity index is 829. The molecule has 0 aromatic carbocycles. The molecule has 0 radical (unpaired) electrons. The zero-order chi connectivity index (χ0) is 20.1. The lowest BCUT2D eigenvalue weighted by molar-refractivity contribution is -0.145. The Kier molecular flexibility index (Phi) is 6.28. The summed E-state index contributed by atoms with van der Waals surface area (Å²) in [5.41, 5.74) is 1.02. The van der Waals surface area contributed by atoms with Gasteiger partial charge in [0.15, 0.2) is 5.96 Å². The Morgan fingerprint density at radius 3 is 2.79 bits per heavy atom. The van der Waals surface area contributed by atoms with Crippen LogP contribution < -0.4 is 5.32 Å². The molecule has 0 aliphatic carbocycles. The van der Waals surface area contributed by atoms with E-state index in [0.29, 0.717) is 13.1 Å². The lowest BCUT2D eigenvalue weighted by Crippen LogP contribution is -2.40. The molecule has 1 N–H and O–H groups in total. The average molecular weight is 384 g/mol. The third-order valence-electron chi connectivity index (χ3n) is 5.04. The predicted molar refractivity (Wildman–Crippen MR) is 107 cm³/mol. The monoisotopic (exact) mass is 384 g/mol. The van der Waals surface area contributed by atoms with Crippen LogP contribution in [0.15, 0.2) is 35.7 Å². The van der Waals surface area contributed by atoms with Gasteiger partial charge in [0.05, 0.1) is 19.6 Å². The quantitative estimate of drug-likeness (QED) is 0.481. The summed E-state index contributed by atoms with van der Waals surface area (Å²) in [4.78, 5) is 27.6. The highest BCUT2D eigenvalue weighted by molar-refractivity contribution is 5.82. The standard InChI is InChI=1S/C20H28N6O2/c1-5-21-20(25-12-14(2)17(13-25)19(27)28-4)24-11-16-6-7-18(23-10-16)26-9-8-22-15(26)3/h6-10,14,17H,5,11-13H2,1-4H3,(H,21,24). The molecule has 8 heteroatoms. The normalized spacial score (nSPS) is 19.7. The first-order valence-electron chi connectivity index (χ1n) is 9.59. The summed E-state index contributed by atoms with van der Waals surface area (Å²) in [5.74, 6) is 2.51. The minimum atomic E-state index is -0.152. The number of methoxy groups -OCH3 is 1. The summed E-state index contributed by atoms with van der Waals surface area (Å²) in [6.45, 7) is 8.75. The fourth-order valence-electron chi connectivity index (χ4n) is 3.46. The number of esters is 1. The first kappa shape index (κ1) is 19.9. The maximum atomic E-state index is 12.0. The van der Waals surface area contributed by atoms with Gasteiger partial charge in [0.25, 0.3) is 0 Å². The predicted octanol–water partition coefficient (Wildman–Crippen LogP) is 1.78. The van der Waals surface area contributed by atoms with Crippen LogP contribution in [0.3, 0.4) is 0 Å². The van der Waals surface area contributed by atoms with E-state index in [-0.39, 0.29) is 17.8 Å². The van der Waals surface area contributed by atoms with E-state index in [2.05, 4.69) is 27.1 Å². The minimum Gasteiger partial charge on any atom is -0.469 e. The number of likely N-dealkylation sites (tertiary alicyclic amines) is 1. The number of carbonyl (C=O) groups excluding carboxylic acids is 1. The van der Waals surface area contributed by atoms with Crippen LogP contribution in [0.1, 0.15) is 25.2 Å². The summed E-state index contributed by atoms with van der Waals surface area (Å²) in [5, 5.41) is 3.33. The second kappa shape index (κ2) is 8.86. The molecule has 2 unspecified atom stereocenters. The molecular formula is C20H28N6O2. The number of nitrogens with one attached hydrogen (secondary N) is 1. The van der Waals surface area contributed by atoms with E-state index < -0.39 is 0 Å². The van der Waals surface area contributed by atoms with Crippen LogP contribution >= 0.6 is 0 Å². The van der Waals surface area contributed by atoms with Crippen molar-refractivity contribution in [2.75, 3.05) is 26.7 Å². The molecule has 3 rings (SSSR count). The molecule has 150 valence electrons. The van der Waals surface area contributed by atoms with Gasteiger partial charge in [-0.15, -0.1) is 0 Å². The molecular weight excluding hydrogens is 356 g/mol. The second-order valence-electron chi connectivity index (χ2n) is 7.05. The molecule has 0 bridgehead atoms. The third-order valence-corrected chi connectivity index (χ3v) is 5.04. The number of ether oxygens (including phenoxy) is 1. The topological polar surface area (TPSA) is 84.6 Å². The summed E-state index contributed by atoms with van der Waals surface area (Å²) < 4.78 is 6.87. The van der Waals surface area contributed by atoms with E-state index in [1.165, 1.54) is 7.11 Å². The van der Waals surface area contributed by atoms with Crippen LogP contribution in [0.25, 0.3) is 5.82 Å². The average Bonchev–Trinajstić information content (AvgIpc) is 3.30. The van der Waals surface area contributed by atoms with Crippen LogP contribution in [-0.4, -0.2) is 58.1 Å². The molecule has 8 nitrogen and oxygen atoms in total. The Morgan fingerprint density at radius 2 is 2.18 bits per heavy atom. The lowest BCUT2D eigenvalue weighted by atomic mass is 9.99. The molecule has 28 heavy (non-hydrogen) atoms. The van der Waals surface area contributed by atoms with Crippen LogP contribution in [0, 0.1) is 18.8 Å². The van der Waals surface area contributed by atoms with Crippen LogP contribution in [0.2, 0.25) is 0 Å². The van der Waals surface area contributed by atoms with E-state index in [1.54, 1.807) is 6.20 Å². The number of aromatic nitrogens is 3. The number of guanidine groups is 1. The lowest BCUT2D eigenvalue weighted by Gasteiger charge is -2.21. The van der Waals surface area contributed by atoms with Crippen molar-refractivity contribution in [3.63, 3.8) is 0 Å². The molecule has 3 heterocycles. The molecule has 2 atom stereocenters. The van der Waals surface area contributed by atoms with Crippen molar-refractivity contribution in [1.29, 1.82) is 0 Å². The number of nitrogens with zero attached hydrogens (tertiary/aromatic N) is 5. The largest absolute Gasteiger partial charge is 0.469 e. The van der Waals surface area contributed by atoms with E-state index in [9.17, 15) is 4.79 Å². The van der Waals surface area contributed by atoms with Crippen molar-refractivity contribution >= 4 is 11.9 Å². The first-order valence-corrected chi connectivity index (χ1v) is 9.59. The SMILES string of the molecule is CCNC(=NCc1ccc(-n2ccnc2C)nc1)N1CC(C)C(C(=O)OC)C1. The van der Waals surface area contributed by atoms with Crippen molar-refractivity contribution in [1.82, 2.24) is 24.8 Å². The van der Waals surface area contributed by atoms with Crippen molar-refractivity contribution < 1.29 is 9.53 Å². The molecule has 0 saturated carbocycles. The van der Waals surface area contributed by atoms with Gasteiger partial charge in [0, 0.05) is 38.2 Å². The third kappa shape index (κ3) is 4.32. The Hall–Kier alpha value is -2.90. The Morgan fingerprint density at radius 1 is 1.36 bits per heavy atom. The molecule has 1 fully saturated rings. The van der Waals surface area contributed by atoms with Gasteiger partial charge in [-0.05, 0) is 31.4 Å². The number of rotatable bonds is 5. The van der Waals surface area contributed by atoms with Gasteiger partial charge in [-0.25, -0.2) is 15.0 Å². The zero-order valence-electron chi connectivity index (χ0n) is 16.9. The number of aliphatic imine (C=N–C) groups is 1. The molecule has 2 aromatic heterocycles. The number of imidazole rings is 1. The number of hydrogen-bond donors (Lipinski definition) is 1. The number of pyridine rings is 1. The van der Waals surface area contributed by atoms with Crippen LogP contribution in [0.5, 0.6) is 0 Å². The fourth-order valence-corrected chi connectivity index (χ4v) is 3.46. The summed E-state index contributed by atoms with van der Waals surface area (Å²) >= 11 is 0. The van der Waals surface area contributed by atoms with Gasteiger partial charge in [-0.2, -0.15) is 0 Å². The van der Waals surface area contributed by atoms with Gasteiger partial charge in [0.2, 0.25) is 0 Å². The molecule has 1 aliphatic rings. The molecule has 1 aliphatic heterocycles. The van der Waals surface area contributed by atoms with Crippen molar-refractivity contribution in [3.8, 4) is 5.82 Å². The van der Waals surface area contributed by atoms with Gasteiger partial charge in [0.1, 0.15) is 11.6 Å². The van der Waals surface area contributed by atoms with Crippen molar-refractivity contribution in [2.24, 2.45) is 16.8 Å². The van der Waals surface area contributed by atoms with E-state index in [4.69, 9.17) is 9.73 Å². The minimum absolute atomic E-state index is 0.117. The highest BCUT2D eigenvalue weighted by Crippen LogP contribution is 2.24. The van der Waals surface area contributed by atoms with E-state index in [0.717, 1.165) is 36.3 Å². The zero-order valence-corrected chi connectivity index (χ0v) is 16.9. The molecule has 1 saturated heterocycles. The van der Waals surface area contributed by atoms with Crippen LogP contribution in [-0.2, 0) is 16.1 Å². The number of aryl methyl sites for hydroxylation is 1. The highest BCUT2D eigenvalue weighted by Gasteiger charge is 2.36. The summed E-state index contributed by atoms with van der Waals surface area (Å²) in [6, 6.07) is 4.00. The Labute approximate surface area is 165 Å². The van der Waals surface area contributed by atoms with Crippen molar-refractivity contribution in [3.05, 3.63) is 42.1 Å². The Balaban J connectivity index is 1.69. The van der Waals surface area contributed by atoms with Gasteiger partial charge in [-0.3, -0.25) is 9.36 Å². The molecule has 0 amide bonds. The summed E-state index contributed by atoms with van der Waals surface area (Å²) in [7, 11) is 1.44. The van der Waals surface area contributed by atoms with Gasteiger partial charge < -0.3 is 15.0 Å².